The van der Waals surface area contributed by atoms with E-state index in [1.54, 1.807) is 0 Å². The van der Waals surface area contributed by atoms with E-state index >= 15 is 0 Å². The lowest BCUT2D eigenvalue weighted by Gasteiger charge is -2.54. The molecule has 4 saturated carbocycles. The Hall–Kier alpha value is -0.570. The molecule has 4 rings (SSSR count). The smallest absolute Gasteiger partial charge is 0.224 e. The molecule has 1 unspecified atom stereocenters. The maximum atomic E-state index is 12.7. The van der Waals surface area contributed by atoms with E-state index in [9.17, 15) is 4.79 Å². The third-order valence-corrected chi connectivity index (χ3v) is 6.11. The molecular formula is C16H28N2O. The van der Waals surface area contributed by atoms with Crippen LogP contribution in [0.1, 0.15) is 52.9 Å². The molecule has 3 nitrogen and oxygen atoms in total. The zero-order valence-electron chi connectivity index (χ0n) is 12.5. The highest BCUT2D eigenvalue weighted by Crippen LogP contribution is 2.56. The SMILES string of the molecule is CC(N)C(C)(C)NC(=O)C1C2CC3CC(C2)CC1C3. The monoisotopic (exact) mass is 264 g/mol. The Bertz CT molecular complexity index is 347. The fourth-order valence-corrected chi connectivity index (χ4v) is 4.87. The molecule has 1 amide bonds. The van der Waals surface area contributed by atoms with E-state index in [1.807, 2.05) is 20.8 Å². The van der Waals surface area contributed by atoms with Gasteiger partial charge in [0.05, 0.1) is 0 Å². The molecule has 4 fully saturated rings. The summed E-state index contributed by atoms with van der Waals surface area (Å²) in [4.78, 5) is 12.7. The van der Waals surface area contributed by atoms with E-state index in [2.05, 4.69) is 5.32 Å². The molecule has 4 aliphatic rings. The highest BCUT2D eigenvalue weighted by Gasteiger charge is 2.51. The average molecular weight is 264 g/mol. The van der Waals surface area contributed by atoms with Crippen molar-refractivity contribution in [1.82, 2.24) is 5.32 Å². The van der Waals surface area contributed by atoms with Gasteiger partial charge in [-0.3, -0.25) is 4.79 Å². The van der Waals surface area contributed by atoms with Gasteiger partial charge in [-0.05, 0) is 76.5 Å². The van der Waals surface area contributed by atoms with Crippen molar-refractivity contribution in [3.63, 3.8) is 0 Å². The minimum Gasteiger partial charge on any atom is -0.349 e. The van der Waals surface area contributed by atoms with E-state index in [1.165, 1.54) is 32.1 Å². The first-order valence-corrected chi connectivity index (χ1v) is 7.94. The van der Waals surface area contributed by atoms with Gasteiger partial charge >= 0.3 is 0 Å². The highest BCUT2D eigenvalue weighted by atomic mass is 16.2. The zero-order valence-corrected chi connectivity index (χ0v) is 12.5. The normalized spacial score (nSPS) is 42.2. The van der Waals surface area contributed by atoms with Gasteiger partial charge < -0.3 is 11.1 Å². The van der Waals surface area contributed by atoms with Gasteiger partial charge in [-0.1, -0.05) is 0 Å². The van der Waals surface area contributed by atoms with Crippen LogP contribution in [-0.4, -0.2) is 17.5 Å². The average Bonchev–Trinajstić information content (AvgIpc) is 2.26. The number of nitrogens with one attached hydrogen (secondary N) is 1. The summed E-state index contributed by atoms with van der Waals surface area (Å²) in [6, 6.07) is -0.0201. The molecule has 0 aromatic heterocycles. The van der Waals surface area contributed by atoms with Crippen molar-refractivity contribution >= 4 is 5.91 Å². The first kappa shape index (κ1) is 13.4. The van der Waals surface area contributed by atoms with Crippen molar-refractivity contribution in [2.45, 2.75) is 64.5 Å². The predicted octanol–water partition coefficient (Wildman–Crippen LogP) is 2.30. The van der Waals surface area contributed by atoms with Gasteiger partial charge in [0.2, 0.25) is 5.91 Å². The van der Waals surface area contributed by atoms with Crippen LogP contribution < -0.4 is 11.1 Å². The molecule has 4 aliphatic carbocycles. The molecule has 0 heterocycles. The van der Waals surface area contributed by atoms with Gasteiger partial charge in [0.15, 0.2) is 0 Å². The Morgan fingerprint density at radius 1 is 1.11 bits per heavy atom. The van der Waals surface area contributed by atoms with E-state index in [0.29, 0.717) is 11.8 Å². The molecule has 0 spiro atoms. The third-order valence-electron chi connectivity index (χ3n) is 6.11. The number of hydrogen-bond donors (Lipinski definition) is 2. The van der Waals surface area contributed by atoms with E-state index in [4.69, 9.17) is 5.73 Å². The van der Waals surface area contributed by atoms with Crippen LogP contribution in [0.2, 0.25) is 0 Å². The van der Waals surface area contributed by atoms with Crippen LogP contribution in [0.3, 0.4) is 0 Å². The van der Waals surface area contributed by atoms with Crippen molar-refractivity contribution in [1.29, 1.82) is 0 Å². The first-order chi connectivity index (χ1) is 8.87. The van der Waals surface area contributed by atoms with Gasteiger partial charge in [-0.25, -0.2) is 0 Å². The van der Waals surface area contributed by atoms with Crippen molar-refractivity contribution in [2.24, 2.45) is 35.3 Å². The Kier molecular flexibility index (Phi) is 3.16. The largest absolute Gasteiger partial charge is 0.349 e. The third kappa shape index (κ3) is 2.31. The second-order valence-corrected chi connectivity index (χ2v) is 7.96. The van der Waals surface area contributed by atoms with Crippen LogP contribution >= 0.6 is 0 Å². The number of carbonyl (C=O) groups is 1. The second-order valence-electron chi connectivity index (χ2n) is 7.96. The van der Waals surface area contributed by atoms with Crippen molar-refractivity contribution in [3.8, 4) is 0 Å². The van der Waals surface area contributed by atoms with Gasteiger partial charge in [-0.15, -0.1) is 0 Å². The summed E-state index contributed by atoms with van der Waals surface area (Å²) in [6.07, 6.45) is 6.62. The lowest BCUT2D eigenvalue weighted by molar-refractivity contribution is -0.140. The molecule has 3 heteroatoms. The molecule has 0 aromatic rings. The number of rotatable bonds is 3. The summed E-state index contributed by atoms with van der Waals surface area (Å²) < 4.78 is 0. The summed E-state index contributed by atoms with van der Waals surface area (Å²) in [5, 5.41) is 3.22. The lowest BCUT2D eigenvalue weighted by atomic mass is 9.51. The maximum Gasteiger partial charge on any atom is 0.224 e. The van der Waals surface area contributed by atoms with E-state index < -0.39 is 0 Å². The van der Waals surface area contributed by atoms with Crippen LogP contribution in [0.15, 0.2) is 0 Å². The van der Waals surface area contributed by atoms with Gasteiger partial charge in [0, 0.05) is 17.5 Å². The van der Waals surface area contributed by atoms with E-state index in [-0.39, 0.29) is 23.4 Å². The van der Waals surface area contributed by atoms with Crippen molar-refractivity contribution in [2.75, 3.05) is 0 Å². The van der Waals surface area contributed by atoms with Crippen LogP contribution in [-0.2, 0) is 4.79 Å². The fourth-order valence-electron chi connectivity index (χ4n) is 4.87. The second kappa shape index (κ2) is 4.47. The Labute approximate surface area is 116 Å². The first-order valence-electron chi connectivity index (χ1n) is 7.94. The topological polar surface area (TPSA) is 55.1 Å². The zero-order chi connectivity index (χ0) is 13.8. The van der Waals surface area contributed by atoms with Gasteiger partial charge in [-0.2, -0.15) is 0 Å². The molecule has 0 radical (unpaired) electrons. The van der Waals surface area contributed by atoms with Crippen LogP contribution in [0.5, 0.6) is 0 Å². The number of amides is 1. The molecule has 0 aromatic carbocycles. The fraction of sp³-hybridized carbons (Fsp3) is 0.938. The number of hydrogen-bond acceptors (Lipinski definition) is 2. The summed E-state index contributed by atoms with van der Waals surface area (Å²) in [7, 11) is 0. The summed E-state index contributed by atoms with van der Waals surface area (Å²) >= 11 is 0. The van der Waals surface area contributed by atoms with Crippen LogP contribution in [0, 0.1) is 29.6 Å². The quantitative estimate of drug-likeness (QED) is 0.822. The highest BCUT2D eigenvalue weighted by molar-refractivity contribution is 5.80. The number of nitrogens with two attached hydrogens (primary N) is 1. The van der Waals surface area contributed by atoms with Gasteiger partial charge in [0.25, 0.3) is 0 Å². The Morgan fingerprint density at radius 3 is 2.00 bits per heavy atom. The molecule has 0 aliphatic heterocycles. The summed E-state index contributed by atoms with van der Waals surface area (Å²) in [5.74, 6) is 3.70. The van der Waals surface area contributed by atoms with Crippen LogP contribution in [0.25, 0.3) is 0 Å². The summed E-state index contributed by atoms with van der Waals surface area (Å²) in [5.41, 5.74) is 5.68. The lowest BCUT2D eigenvalue weighted by Crippen LogP contribution is -2.59. The minimum absolute atomic E-state index is 0.0201. The molecule has 3 N–H and O–H groups in total. The Balaban J connectivity index is 1.71. The standard InChI is InChI=1S/C16H28N2O/c1-9(17)16(2,3)18-15(19)14-12-5-10-4-11(7-12)8-13(14)6-10/h9-14H,4-8,17H2,1-3H3,(H,18,19). The minimum atomic E-state index is -0.300. The maximum absolute atomic E-state index is 12.7. The molecule has 0 saturated heterocycles. The molecular weight excluding hydrogens is 236 g/mol. The van der Waals surface area contributed by atoms with E-state index in [0.717, 1.165) is 11.8 Å². The summed E-state index contributed by atoms with van der Waals surface area (Å²) in [6.45, 7) is 6.04. The molecule has 19 heavy (non-hydrogen) atoms. The number of carbonyl (C=O) groups excluding carboxylic acids is 1. The Morgan fingerprint density at radius 2 is 1.58 bits per heavy atom. The van der Waals surface area contributed by atoms with Gasteiger partial charge in [0.1, 0.15) is 0 Å². The molecule has 4 bridgehead atoms. The van der Waals surface area contributed by atoms with Crippen molar-refractivity contribution < 1.29 is 4.79 Å². The van der Waals surface area contributed by atoms with Crippen LogP contribution in [0.4, 0.5) is 0 Å². The van der Waals surface area contributed by atoms with Crippen molar-refractivity contribution in [3.05, 3.63) is 0 Å². The molecule has 1 atom stereocenters. The predicted molar refractivity (Wildman–Crippen MR) is 76.4 cm³/mol. The molecule has 108 valence electrons.